The molecule has 0 spiro atoms. The maximum atomic E-state index is 12.0. The molecule has 1 aromatic rings. The van der Waals surface area contributed by atoms with Crippen molar-refractivity contribution in [3.63, 3.8) is 0 Å². The van der Waals surface area contributed by atoms with Crippen molar-refractivity contribution >= 4 is 29.9 Å². The van der Waals surface area contributed by atoms with Gasteiger partial charge in [0.15, 0.2) is 0 Å². The van der Waals surface area contributed by atoms with Gasteiger partial charge >= 0.3 is 29.9 Å². The fourth-order valence-corrected chi connectivity index (χ4v) is 2.95. The molecule has 0 radical (unpaired) electrons. The Morgan fingerprint density at radius 3 is 2.03 bits per heavy atom. The molecule has 1 heterocycles. The molecule has 33 heavy (non-hydrogen) atoms. The van der Waals surface area contributed by atoms with Crippen LogP contribution in [-0.4, -0.2) is 85.4 Å². The predicted octanol–water partition coefficient (Wildman–Crippen LogP) is 0.209. The highest BCUT2D eigenvalue weighted by atomic mass is 16.4. The Balaban J connectivity index is 2.54. The van der Waals surface area contributed by atoms with Gasteiger partial charge in [0, 0.05) is 19.2 Å². The lowest BCUT2D eigenvalue weighted by molar-refractivity contribution is -0.141. The lowest BCUT2D eigenvalue weighted by Crippen LogP contribution is -2.51. The maximum Gasteiger partial charge on any atom is 0.326 e. The minimum absolute atomic E-state index is 0.0279. The topological polar surface area (TPSA) is 206 Å². The van der Waals surface area contributed by atoms with Crippen LogP contribution >= 0.6 is 0 Å². The Hall–Kier alpha value is -3.74. The molecule has 0 aliphatic rings. The van der Waals surface area contributed by atoms with Crippen molar-refractivity contribution in [2.24, 2.45) is 0 Å². The molecule has 1 rings (SSSR count). The summed E-state index contributed by atoms with van der Waals surface area (Å²) in [6.07, 6.45) is 1.58. The van der Waals surface area contributed by atoms with Crippen LogP contribution in [0.4, 0.5) is 4.79 Å². The molecule has 1 aromatic heterocycles. The third-order valence-corrected chi connectivity index (χ3v) is 4.54. The fraction of sp³-hybridized carbons (Fsp3) is 0.500. The van der Waals surface area contributed by atoms with Gasteiger partial charge in [0.25, 0.3) is 0 Å². The van der Waals surface area contributed by atoms with E-state index in [-0.39, 0.29) is 19.4 Å². The molecule has 2 amide bonds. The predicted molar refractivity (Wildman–Crippen MR) is 112 cm³/mol. The zero-order chi connectivity index (χ0) is 24.8. The molecule has 0 saturated heterocycles. The highest BCUT2D eigenvalue weighted by Gasteiger charge is 2.24. The van der Waals surface area contributed by atoms with E-state index >= 15 is 0 Å². The number of carbonyl (C=O) groups is 5. The Kier molecular flexibility index (Phi) is 11.9. The first kappa shape index (κ1) is 27.3. The van der Waals surface area contributed by atoms with Crippen molar-refractivity contribution in [3.8, 4) is 0 Å². The second-order valence-corrected chi connectivity index (χ2v) is 7.25. The molecule has 2 atom stereocenters. The zero-order valence-corrected chi connectivity index (χ0v) is 17.8. The van der Waals surface area contributed by atoms with E-state index in [2.05, 4.69) is 15.6 Å². The molecule has 6 N–H and O–H groups in total. The fourth-order valence-electron chi connectivity index (χ4n) is 2.95. The van der Waals surface area contributed by atoms with E-state index in [1.807, 2.05) is 0 Å². The number of rotatable bonds is 16. The third kappa shape index (κ3) is 12.0. The summed E-state index contributed by atoms with van der Waals surface area (Å²) >= 11 is 0. The number of pyridine rings is 1. The highest BCUT2D eigenvalue weighted by Crippen LogP contribution is 2.07. The summed E-state index contributed by atoms with van der Waals surface area (Å²) in [5.74, 6) is -5.00. The van der Waals surface area contributed by atoms with E-state index in [1.165, 1.54) is 0 Å². The van der Waals surface area contributed by atoms with Crippen LogP contribution in [-0.2, 0) is 25.7 Å². The third-order valence-electron chi connectivity index (χ3n) is 4.54. The molecule has 2 unspecified atom stereocenters. The van der Waals surface area contributed by atoms with Crippen molar-refractivity contribution in [1.29, 1.82) is 0 Å². The van der Waals surface area contributed by atoms with Crippen molar-refractivity contribution < 1.29 is 44.4 Å². The standard InChI is InChI=1S/C20H28N4O9/c25-16(26)8-7-15(19(31)32)23-20(33)22-14(18(29)30)6-2-4-10-24(12-17(27)28)11-13-5-1-3-9-21-13/h1,3,5,9,14-15H,2,4,6-8,10-12H2,(H,25,26)(H,27,28)(H,29,30)(H,31,32)(H2,22,23,33). The summed E-state index contributed by atoms with van der Waals surface area (Å²) in [5, 5.41) is 40.4. The first-order valence-electron chi connectivity index (χ1n) is 10.2. The minimum atomic E-state index is -1.48. The van der Waals surface area contributed by atoms with Gasteiger partial charge in [-0.1, -0.05) is 6.07 Å². The Bertz CT molecular complexity index is 819. The van der Waals surface area contributed by atoms with Crippen molar-refractivity contribution in [3.05, 3.63) is 30.1 Å². The molecule has 182 valence electrons. The van der Waals surface area contributed by atoms with Gasteiger partial charge in [-0.2, -0.15) is 0 Å². The molecule has 13 heteroatoms. The lowest BCUT2D eigenvalue weighted by atomic mass is 10.1. The van der Waals surface area contributed by atoms with Crippen LogP contribution < -0.4 is 10.6 Å². The monoisotopic (exact) mass is 468 g/mol. The van der Waals surface area contributed by atoms with Crippen molar-refractivity contribution in [2.45, 2.75) is 50.7 Å². The van der Waals surface area contributed by atoms with Crippen LogP contribution in [0.1, 0.15) is 37.8 Å². The molecule has 13 nitrogen and oxygen atoms in total. The molecule has 0 aliphatic heterocycles. The number of aromatic nitrogens is 1. The summed E-state index contributed by atoms with van der Waals surface area (Å²) in [4.78, 5) is 62.1. The number of nitrogens with one attached hydrogen (secondary N) is 2. The first-order chi connectivity index (χ1) is 15.6. The average molecular weight is 468 g/mol. The van der Waals surface area contributed by atoms with Gasteiger partial charge in [0.05, 0.1) is 12.2 Å². The summed E-state index contributed by atoms with van der Waals surface area (Å²) in [7, 11) is 0. The number of unbranched alkanes of at least 4 members (excludes halogenated alkanes) is 1. The quantitative estimate of drug-likeness (QED) is 0.181. The molecule has 0 aliphatic carbocycles. The number of carboxylic acids is 4. The summed E-state index contributed by atoms with van der Waals surface area (Å²) in [5.41, 5.74) is 0.691. The number of urea groups is 1. The van der Waals surface area contributed by atoms with E-state index < -0.39 is 48.4 Å². The molecule has 0 aromatic carbocycles. The van der Waals surface area contributed by atoms with Gasteiger partial charge in [-0.3, -0.25) is 19.5 Å². The van der Waals surface area contributed by atoms with Gasteiger partial charge < -0.3 is 31.1 Å². The number of hydrogen-bond donors (Lipinski definition) is 6. The first-order valence-corrected chi connectivity index (χ1v) is 10.2. The lowest BCUT2D eigenvalue weighted by Gasteiger charge is -2.21. The number of carbonyl (C=O) groups excluding carboxylic acids is 1. The average Bonchev–Trinajstić information content (AvgIpc) is 2.72. The SMILES string of the molecule is O=C(O)CCC(NC(=O)NC(CCCCN(CC(=O)O)Cc1ccccn1)C(=O)O)C(=O)O. The van der Waals surface area contributed by atoms with Crippen molar-refractivity contribution in [1.82, 2.24) is 20.5 Å². The zero-order valence-electron chi connectivity index (χ0n) is 17.8. The van der Waals surface area contributed by atoms with Gasteiger partial charge in [0.1, 0.15) is 12.1 Å². The molecule has 0 bridgehead atoms. The largest absolute Gasteiger partial charge is 0.481 e. The number of hydrogen-bond acceptors (Lipinski definition) is 7. The van der Waals surface area contributed by atoms with E-state index in [0.29, 0.717) is 31.6 Å². The Morgan fingerprint density at radius 2 is 1.52 bits per heavy atom. The minimum Gasteiger partial charge on any atom is -0.481 e. The normalized spacial score (nSPS) is 12.5. The van der Waals surface area contributed by atoms with Crippen LogP contribution in [0.15, 0.2) is 24.4 Å². The van der Waals surface area contributed by atoms with E-state index in [9.17, 15) is 29.1 Å². The van der Waals surface area contributed by atoms with Gasteiger partial charge in [-0.15, -0.1) is 0 Å². The number of nitrogens with zero attached hydrogens (tertiary/aromatic N) is 2. The molecule has 0 fully saturated rings. The van der Waals surface area contributed by atoms with Gasteiger partial charge in [-0.25, -0.2) is 14.4 Å². The molecular weight excluding hydrogens is 440 g/mol. The number of carboxylic acid groups (broad SMARTS) is 4. The molecule has 0 saturated carbocycles. The van der Waals surface area contributed by atoms with Crippen LogP contribution in [0, 0.1) is 0 Å². The summed E-state index contributed by atoms with van der Waals surface area (Å²) < 4.78 is 0. The summed E-state index contributed by atoms with van der Waals surface area (Å²) in [6.45, 7) is 0.452. The Labute approximate surface area is 189 Å². The molecular formula is C20H28N4O9. The highest BCUT2D eigenvalue weighted by molar-refractivity contribution is 5.86. The Morgan fingerprint density at radius 1 is 0.879 bits per heavy atom. The smallest absolute Gasteiger partial charge is 0.326 e. The summed E-state index contributed by atoms with van der Waals surface area (Å²) in [6, 6.07) is 1.47. The van der Waals surface area contributed by atoms with Crippen LogP contribution in [0.25, 0.3) is 0 Å². The van der Waals surface area contributed by atoms with Gasteiger partial charge in [0.2, 0.25) is 0 Å². The second kappa shape index (κ2) is 14.3. The van der Waals surface area contributed by atoms with E-state index in [1.54, 1.807) is 29.3 Å². The number of aliphatic carboxylic acids is 4. The van der Waals surface area contributed by atoms with Crippen molar-refractivity contribution in [2.75, 3.05) is 13.1 Å². The van der Waals surface area contributed by atoms with Crippen LogP contribution in [0.3, 0.4) is 0 Å². The van der Waals surface area contributed by atoms with E-state index in [4.69, 9.17) is 15.3 Å². The second-order valence-electron chi connectivity index (χ2n) is 7.25. The maximum absolute atomic E-state index is 12.0. The van der Waals surface area contributed by atoms with E-state index in [0.717, 1.165) is 0 Å². The number of amides is 2. The van der Waals surface area contributed by atoms with Crippen LogP contribution in [0.5, 0.6) is 0 Å². The van der Waals surface area contributed by atoms with Gasteiger partial charge in [-0.05, 0) is 44.4 Å². The van der Waals surface area contributed by atoms with Crippen LogP contribution in [0.2, 0.25) is 0 Å².